The lowest BCUT2D eigenvalue weighted by Crippen LogP contribution is -2.23. The van der Waals surface area contributed by atoms with Gasteiger partial charge in [-0.25, -0.2) is 4.39 Å². The third-order valence-electron chi connectivity index (χ3n) is 7.81. The summed E-state index contributed by atoms with van der Waals surface area (Å²) >= 11 is 3.63. The maximum Gasteiger partial charge on any atom is 0.258 e. The van der Waals surface area contributed by atoms with Crippen LogP contribution in [0.1, 0.15) is 38.7 Å². The zero-order valence-electron chi connectivity index (χ0n) is 23.1. The second kappa shape index (κ2) is 11.5. The van der Waals surface area contributed by atoms with E-state index in [2.05, 4.69) is 28.1 Å². The molecule has 43 heavy (non-hydrogen) atoms. The van der Waals surface area contributed by atoms with Crippen LogP contribution in [0.4, 0.5) is 4.39 Å². The Bertz CT molecular complexity index is 1910. The lowest BCUT2D eigenvalue weighted by atomic mass is 9.91. The minimum Gasteiger partial charge on any atom is -0.478 e. The summed E-state index contributed by atoms with van der Waals surface area (Å²) in [6.45, 7) is 0.728. The van der Waals surface area contributed by atoms with Gasteiger partial charge in [0.25, 0.3) is 5.91 Å². The normalized spacial score (nSPS) is 12.6. The first-order valence-corrected chi connectivity index (χ1v) is 14.9. The molecule has 0 saturated carbocycles. The van der Waals surface area contributed by atoms with Crippen molar-refractivity contribution >= 4 is 32.7 Å². The SMILES string of the molecule is O=C1c2c(c(-c3cccc(Br)c3)c3cccnc3c2OC(c2ccccc2)c2ccccc2)CN1Cc1ccc(F)cc1. The lowest BCUT2D eigenvalue weighted by Gasteiger charge is -2.23. The largest absolute Gasteiger partial charge is 0.478 e. The standard InChI is InChI=1S/C37H26BrFN2O2/c38-28-14-7-13-27(21-28)32-30-15-8-20-40-34(30)36(43-35(25-9-3-1-4-10-25)26-11-5-2-6-12-26)33-31(32)23-41(37(33)42)22-24-16-18-29(39)19-17-24/h1-21,35H,22-23H2. The minimum absolute atomic E-state index is 0.141. The van der Waals surface area contributed by atoms with E-state index in [9.17, 15) is 9.18 Å². The molecule has 0 bridgehead atoms. The Hall–Kier alpha value is -4.81. The van der Waals surface area contributed by atoms with Gasteiger partial charge >= 0.3 is 0 Å². The number of aromatic nitrogens is 1. The number of rotatable bonds is 7. The van der Waals surface area contributed by atoms with Crippen LogP contribution in [0.2, 0.25) is 0 Å². The third kappa shape index (κ3) is 5.19. The van der Waals surface area contributed by atoms with Crippen molar-refractivity contribution < 1.29 is 13.9 Å². The van der Waals surface area contributed by atoms with Crippen molar-refractivity contribution in [2.45, 2.75) is 19.2 Å². The first-order chi connectivity index (χ1) is 21.1. The van der Waals surface area contributed by atoms with Gasteiger partial charge in [0.1, 0.15) is 17.4 Å². The van der Waals surface area contributed by atoms with Gasteiger partial charge in [-0.2, -0.15) is 0 Å². The maximum atomic E-state index is 14.4. The Balaban J connectivity index is 1.45. The average molecular weight is 630 g/mol. The van der Waals surface area contributed by atoms with E-state index in [-0.39, 0.29) is 11.7 Å². The van der Waals surface area contributed by atoms with Crippen LogP contribution in [-0.2, 0) is 13.1 Å². The molecule has 0 unspecified atom stereocenters. The van der Waals surface area contributed by atoms with Gasteiger partial charge in [0.05, 0.1) is 5.56 Å². The molecule has 0 N–H and O–H groups in total. The van der Waals surface area contributed by atoms with Crippen LogP contribution in [0.3, 0.4) is 0 Å². The van der Waals surface area contributed by atoms with Crippen molar-refractivity contribution in [2.75, 3.05) is 0 Å². The highest BCUT2D eigenvalue weighted by molar-refractivity contribution is 9.10. The van der Waals surface area contributed by atoms with Gasteiger partial charge < -0.3 is 9.64 Å². The van der Waals surface area contributed by atoms with Crippen LogP contribution >= 0.6 is 15.9 Å². The summed E-state index contributed by atoms with van der Waals surface area (Å²) in [5.74, 6) is 0.0178. The number of nitrogens with zero attached hydrogens (tertiary/aromatic N) is 2. The van der Waals surface area contributed by atoms with Gasteiger partial charge in [-0.15, -0.1) is 0 Å². The Morgan fingerprint density at radius 2 is 1.51 bits per heavy atom. The number of amides is 1. The van der Waals surface area contributed by atoms with Crippen LogP contribution in [0.5, 0.6) is 5.75 Å². The molecule has 0 radical (unpaired) electrons. The summed E-state index contributed by atoms with van der Waals surface area (Å²) in [5.41, 5.74) is 6.76. The van der Waals surface area contributed by atoms with Crippen molar-refractivity contribution in [2.24, 2.45) is 0 Å². The summed E-state index contributed by atoms with van der Waals surface area (Å²) in [5, 5.41) is 0.908. The minimum atomic E-state index is -0.465. The highest BCUT2D eigenvalue weighted by Gasteiger charge is 2.37. The molecule has 0 atom stereocenters. The van der Waals surface area contributed by atoms with Crippen molar-refractivity contribution in [3.05, 3.63) is 166 Å². The van der Waals surface area contributed by atoms with Gasteiger partial charge in [-0.05, 0) is 63.7 Å². The molecule has 0 saturated heterocycles. The van der Waals surface area contributed by atoms with Crippen LogP contribution in [0, 0.1) is 5.82 Å². The van der Waals surface area contributed by atoms with Crippen molar-refractivity contribution in [3.8, 4) is 16.9 Å². The zero-order valence-corrected chi connectivity index (χ0v) is 24.7. The predicted octanol–water partition coefficient (Wildman–Crippen LogP) is 9.13. The summed E-state index contributed by atoms with van der Waals surface area (Å²) in [7, 11) is 0. The molecule has 1 amide bonds. The smallest absolute Gasteiger partial charge is 0.258 e. The van der Waals surface area contributed by atoms with E-state index in [1.807, 2.05) is 84.9 Å². The number of carbonyl (C=O) groups excluding carboxylic acids is 1. The highest BCUT2D eigenvalue weighted by atomic mass is 79.9. The van der Waals surface area contributed by atoms with Gasteiger partial charge in [0, 0.05) is 29.1 Å². The summed E-state index contributed by atoms with van der Waals surface area (Å²) in [6, 6.07) is 38.4. The predicted molar refractivity (Wildman–Crippen MR) is 170 cm³/mol. The second-order valence-electron chi connectivity index (χ2n) is 10.6. The Morgan fingerprint density at radius 1 is 0.814 bits per heavy atom. The van der Waals surface area contributed by atoms with Gasteiger partial charge in [0.15, 0.2) is 5.75 Å². The number of pyridine rings is 1. The van der Waals surface area contributed by atoms with Crippen molar-refractivity contribution in [1.82, 2.24) is 9.88 Å². The third-order valence-corrected chi connectivity index (χ3v) is 8.31. The number of hydrogen-bond donors (Lipinski definition) is 0. The molecule has 0 spiro atoms. The number of carbonyl (C=O) groups is 1. The molecule has 0 fully saturated rings. The lowest BCUT2D eigenvalue weighted by molar-refractivity contribution is 0.0762. The summed E-state index contributed by atoms with van der Waals surface area (Å²) in [4.78, 5) is 21.0. The van der Waals surface area contributed by atoms with Gasteiger partial charge in [-0.1, -0.05) is 107 Å². The molecular formula is C37H26BrFN2O2. The summed E-state index contributed by atoms with van der Waals surface area (Å²) < 4.78 is 21.6. The second-order valence-corrected chi connectivity index (χ2v) is 11.5. The van der Waals surface area contributed by atoms with E-state index in [0.717, 1.165) is 43.2 Å². The maximum absolute atomic E-state index is 14.4. The van der Waals surface area contributed by atoms with E-state index >= 15 is 0 Å². The molecule has 6 aromatic rings. The van der Waals surface area contributed by atoms with Crippen LogP contribution < -0.4 is 4.74 Å². The van der Waals surface area contributed by atoms with Crippen LogP contribution in [0.15, 0.2) is 132 Å². The Kier molecular flexibility index (Phi) is 7.21. The molecule has 1 aliphatic heterocycles. The average Bonchev–Trinajstić information content (AvgIpc) is 3.36. The number of ether oxygens (including phenoxy) is 1. The molecule has 1 aliphatic rings. The molecule has 210 valence electrons. The molecule has 4 nitrogen and oxygen atoms in total. The quantitative estimate of drug-likeness (QED) is 0.177. The first kappa shape index (κ1) is 27.0. The Morgan fingerprint density at radius 3 is 2.19 bits per heavy atom. The van der Waals surface area contributed by atoms with Crippen molar-refractivity contribution in [1.29, 1.82) is 0 Å². The Labute approximate surface area is 257 Å². The molecule has 5 aromatic carbocycles. The van der Waals surface area contributed by atoms with Crippen LogP contribution in [-0.4, -0.2) is 15.8 Å². The highest BCUT2D eigenvalue weighted by Crippen LogP contribution is 2.47. The molecule has 6 heteroatoms. The topological polar surface area (TPSA) is 42.4 Å². The monoisotopic (exact) mass is 628 g/mol. The number of fused-ring (bicyclic) bond motifs is 2. The fourth-order valence-electron chi connectivity index (χ4n) is 5.86. The molecule has 7 rings (SSSR count). The molecule has 0 aliphatic carbocycles. The van der Waals surface area contributed by atoms with E-state index in [1.54, 1.807) is 23.2 Å². The number of benzene rings is 5. The fraction of sp³-hybridized carbons (Fsp3) is 0.0811. The van der Waals surface area contributed by atoms with E-state index < -0.39 is 6.10 Å². The van der Waals surface area contributed by atoms with E-state index in [1.165, 1.54) is 12.1 Å². The van der Waals surface area contributed by atoms with E-state index in [4.69, 9.17) is 9.72 Å². The van der Waals surface area contributed by atoms with Crippen LogP contribution in [0.25, 0.3) is 22.0 Å². The number of hydrogen-bond acceptors (Lipinski definition) is 3. The van der Waals surface area contributed by atoms with Crippen molar-refractivity contribution in [3.63, 3.8) is 0 Å². The molecule has 2 heterocycles. The fourth-order valence-corrected chi connectivity index (χ4v) is 6.26. The van der Waals surface area contributed by atoms with Gasteiger partial charge in [0.2, 0.25) is 0 Å². The summed E-state index contributed by atoms with van der Waals surface area (Å²) in [6.07, 6.45) is 1.27. The van der Waals surface area contributed by atoms with E-state index in [0.29, 0.717) is 29.9 Å². The molecular weight excluding hydrogens is 603 g/mol. The first-order valence-electron chi connectivity index (χ1n) is 14.1. The zero-order chi connectivity index (χ0) is 29.3. The number of halogens is 2. The van der Waals surface area contributed by atoms with Gasteiger partial charge in [-0.3, -0.25) is 9.78 Å². The molecule has 1 aromatic heterocycles.